The first kappa shape index (κ1) is 32.0. The summed E-state index contributed by atoms with van der Waals surface area (Å²) < 4.78 is 18.9. The molecule has 0 radical (unpaired) electrons. The van der Waals surface area contributed by atoms with Gasteiger partial charge in [-0.2, -0.15) is 5.10 Å². The molecule has 1 heterocycles. The zero-order valence-corrected chi connectivity index (χ0v) is 22.9. The van der Waals surface area contributed by atoms with Crippen molar-refractivity contribution in [2.45, 2.75) is 62.3 Å². The lowest BCUT2D eigenvalue weighted by Crippen LogP contribution is -2.11. The number of halogens is 2. The van der Waals surface area contributed by atoms with Crippen LogP contribution in [0.25, 0.3) is 11.3 Å². The van der Waals surface area contributed by atoms with Crippen LogP contribution in [0.5, 0.6) is 0 Å². The third-order valence-electron chi connectivity index (χ3n) is 2.65. The van der Waals surface area contributed by atoms with E-state index in [2.05, 4.69) is 58.7 Å². The van der Waals surface area contributed by atoms with Crippen LogP contribution in [0.1, 0.15) is 62.3 Å². The fraction of sp³-hybridized carbons (Fsp3) is 0.565. The summed E-state index contributed by atoms with van der Waals surface area (Å²) in [5, 5.41) is 6.88. The fourth-order valence-corrected chi connectivity index (χ4v) is 2.24. The Kier molecular flexibility index (Phi) is 16.1. The van der Waals surface area contributed by atoms with E-state index in [-0.39, 0.29) is 5.56 Å². The molecule has 178 valence electrons. The molecule has 1 aromatic carbocycles. The van der Waals surface area contributed by atoms with Crippen molar-refractivity contribution in [3.8, 4) is 11.3 Å². The Balaban J connectivity index is 0. The van der Waals surface area contributed by atoms with Crippen molar-refractivity contribution < 1.29 is 8.57 Å². The van der Waals surface area contributed by atoms with Crippen LogP contribution < -0.4 is 5.73 Å². The molecule has 31 heavy (non-hydrogen) atoms. The molecule has 0 bridgehead atoms. The Bertz CT molecular complexity index is 810. The first-order valence-corrected chi connectivity index (χ1v) is 12.0. The summed E-state index contributed by atoms with van der Waals surface area (Å²) in [4.78, 5) is 0. The highest BCUT2D eigenvalue weighted by Gasteiger charge is 2.09. The van der Waals surface area contributed by atoms with Gasteiger partial charge in [-0.3, -0.25) is 5.10 Å². The molecule has 0 saturated carbocycles. The van der Waals surface area contributed by atoms with E-state index in [4.69, 9.17) is 33.7 Å². The Morgan fingerprint density at radius 2 is 1.65 bits per heavy atom. The molecule has 0 spiro atoms. The summed E-state index contributed by atoms with van der Waals surface area (Å²) in [5.74, 6) is -0.415. The number of nitrogens with zero attached hydrogens (tertiary/aromatic N) is 1. The molecule has 3 N–H and O–H groups in total. The van der Waals surface area contributed by atoms with Crippen LogP contribution in [-0.2, 0) is 4.18 Å². The number of H-pyrrole nitrogens is 1. The van der Waals surface area contributed by atoms with E-state index < -0.39 is 5.82 Å². The molecule has 0 fully saturated rings. The maximum atomic E-state index is 13.5. The van der Waals surface area contributed by atoms with E-state index in [1.807, 2.05) is 20.1 Å². The lowest BCUT2D eigenvalue weighted by atomic mass is 9.99. The quantitative estimate of drug-likeness (QED) is 0.332. The van der Waals surface area contributed by atoms with E-state index in [0.29, 0.717) is 31.9 Å². The second kappa shape index (κ2) is 15.6. The summed E-state index contributed by atoms with van der Waals surface area (Å²) in [6.45, 7) is 20.0. The van der Waals surface area contributed by atoms with Gasteiger partial charge in [0.05, 0.1) is 18.0 Å². The minimum Gasteiger partial charge on any atom is -0.396 e. The van der Waals surface area contributed by atoms with Crippen molar-refractivity contribution in [2.75, 3.05) is 18.6 Å². The van der Waals surface area contributed by atoms with E-state index in [0.717, 1.165) is 6.61 Å². The van der Waals surface area contributed by atoms with Gasteiger partial charge in [0.25, 0.3) is 0 Å². The molecule has 8 heteroatoms. The van der Waals surface area contributed by atoms with Crippen LogP contribution >= 0.6 is 35.9 Å². The smallest absolute Gasteiger partial charge is 0.142 e. The summed E-state index contributed by atoms with van der Waals surface area (Å²) in [6.07, 6.45) is 1.94. The second-order valence-electron chi connectivity index (χ2n) is 9.15. The standard InChI is InChI=1S/C10H7ClFN3S.C6H14OS.C5H12.C2H6/c11-5-1-2-7(12)6(3-5)9-4-8(13)10(16)15-14-9;1-6(2,3)5-7-8-4;1-5(2,3)4;1-2/h1-4H,(H2,13,14)(H,15,16);5H2,1-4H3;1-4H3;1-2H3. The molecule has 0 amide bonds. The van der Waals surface area contributed by atoms with Crippen molar-refractivity contribution >= 4 is 41.5 Å². The van der Waals surface area contributed by atoms with Gasteiger partial charge in [0.1, 0.15) is 10.5 Å². The van der Waals surface area contributed by atoms with Gasteiger partial charge in [0, 0.05) is 16.8 Å². The SMILES string of the molecule is CC.CC(C)(C)C.CSOCC(C)(C)C.Nc1cc(-c2cc(Cl)ccc2F)n[nH]c1=S. The summed E-state index contributed by atoms with van der Waals surface area (Å²) in [5.41, 5.74) is 7.42. The molecule has 0 saturated heterocycles. The van der Waals surface area contributed by atoms with Crippen LogP contribution in [-0.4, -0.2) is 23.1 Å². The third-order valence-corrected chi connectivity index (χ3v) is 3.56. The number of aromatic nitrogens is 2. The largest absolute Gasteiger partial charge is 0.396 e. The number of hydrogen-bond donors (Lipinski definition) is 2. The Labute approximate surface area is 202 Å². The summed E-state index contributed by atoms with van der Waals surface area (Å²) >= 11 is 12.1. The molecule has 2 rings (SSSR count). The number of benzene rings is 1. The predicted octanol–water partition coefficient (Wildman–Crippen LogP) is 8.59. The molecule has 0 aliphatic rings. The third kappa shape index (κ3) is 18.2. The highest BCUT2D eigenvalue weighted by molar-refractivity contribution is 7.93. The van der Waals surface area contributed by atoms with Gasteiger partial charge in [0.2, 0.25) is 0 Å². The lowest BCUT2D eigenvalue weighted by Gasteiger charge is -2.15. The van der Waals surface area contributed by atoms with Gasteiger partial charge in [-0.25, -0.2) is 4.39 Å². The zero-order chi connectivity index (χ0) is 24.8. The molecule has 1 aromatic heterocycles. The first-order valence-electron chi connectivity index (χ1n) is 10.1. The van der Waals surface area contributed by atoms with Crippen molar-refractivity contribution in [2.24, 2.45) is 10.8 Å². The van der Waals surface area contributed by atoms with Crippen molar-refractivity contribution in [1.82, 2.24) is 10.2 Å². The average molecular weight is 492 g/mol. The van der Waals surface area contributed by atoms with Gasteiger partial charge >= 0.3 is 0 Å². The molecule has 0 unspecified atom stereocenters. The van der Waals surface area contributed by atoms with Gasteiger partial charge in [-0.05, 0) is 47.1 Å². The number of nitrogen functional groups attached to an aromatic ring is 1. The molecular weight excluding hydrogens is 453 g/mol. The average Bonchev–Trinajstić information content (AvgIpc) is 2.64. The van der Waals surface area contributed by atoms with Gasteiger partial charge in [0.15, 0.2) is 0 Å². The minimum absolute atomic E-state index is 0.283. The molecule has 4 nitrogen and oxygen atoms in total. The number of nitrogens with two attached hydrogens (primary N) is 1. The Morgan fingerprint density at radius 1 is 1.13 bits per heavy atom. The summed E-state index contributed by atoms with van der Waals surface area (Å²) in [6, 6.07) is 5.73. The number of rotatable bonds is 3. The predicted molar refractivity (Wildman–Crippen MR) is 140 cm³/mol. The summed E-state index contributed by atoms with van der Waals surface area (Å²) in [7, 11) is 0. The van der Waals surface area contributed by atoms with Crippen molar-refractivity contribution in [3.05, 3.63) is 39.7 Å². The maximum absolute atomic E-state index is 13.5. The van der Waals surface area contributed by atoms with Gasteiger partial charge in [-0.1, -0.05) is 86.1 Å². The van der Waals surface area contributed by atoms with Gasteiger partial charge < -0.3 is 9.92 Å². The molecule has 0 atom stereocenters. The van der Waals surface area contributed by atoms with Crippen LogP contribution in [0.3, 0.4) is 0 Å². The second-order valence-corrected chi connectivity index (χ2v) is 10.6. The van der Waals surface area contributed by atoms with Crippen molar-refractivity contribution in [3.63, 3.8) is 0 Å². The van der Waals surface area contributed by atoms with Crippen molar-refractivity contribution in [1.29, 1.82) is 0 Å². The number of aromatic amines is 1. The van der Waals surface area contributed by atoms with Crippen LogP contribution in [0.4, 0.5) is 10.1 Å². The monoisotopic (exact) mass is 491 g/mol. The van der Waals surface area contributed by atoms with Crippen LogP contribution in [0, 0.1) is 21.3 Å². The van der Waals surface area contributed by atoms with Crippen LogP contribution in [0.15, 0.2) is 24.3 Å². The number of hydrogen-bond acceptors (Lipinski definition) is 5. The lowest BCUT2D eigenvalue weighted by molar-refractivity contribution is 0.228. The number of nitrogens with one attached hydrogen (secondary N) is 1. The number of anilines is 1. The molecule has 0 aliphatic carbocycles. The maximum Gasteiger partial charge on any atom is 0.142 e. The molecule has 2 aromatic rings. The van der Waals surface area contributed by atoms with E-state index in [1.54, 1.807) is 0 Å². The van der Waals surface area contributed by atoms with E-state index in [9.17, 15) is 4.39 Å². The highest BCUT2D eigenvalue weighted by Crippen LogP contribution is 2.25. The highest BCUT2D eigenvalue weighted by atomic mass is 35.5. The van der Waals surface area contributed by atoms with E-state index >= 15 is 0 Å². The molecule has 0 aliphatic heterocycles. The van der Waals surface area contributed by atoms with Gasteiger partial charge in [-0.15, -0.1) is 0 Å². The normalized spacial score (nSPS) is 10.6. The van der Waals surface area contributed by atoms with Crippen LogP contribution in [0.2, 0.25) is 5.02 Å². The molecular formula is C23H39ClFN3OS2. The van der Waals surface area contributed by atoms with E-state index in [1.165, 1.54) is 36.3 Å². The first-order chi connectivity index (χ1) is 14.1. The topological polar surface area (TPSA) is 63.9 Å². The minimum atomic E-state index is -0.415. The fourth-order valence-electron chi connectivity index (χ4n) is 1.49. The Morgan fingerprint density at radius 3 is 2.03 bits per heavy atom. The Hall–Kier alpha value is -1.15. The zero-order valence-electron chi connectivity index (χ0n) is 20.5.